The van der Waals surface area contributed by atoms with Crippen LogP contribution >= 0.6 is 0 Å². The Morgan fingerprint density at radius 2 is 1.05 bits per heavy atom. The Balaban J connectivity index is 0.000000211. The molecule has 0 saturated carbocycles. The van der Waals surface area contributed by atoms with Crippen molar-refractivity contribution in [3.8, 4) is 0 Å². The monoisotopic (exact) mass is 280 g/mol. The Bertz CT molecular complexity index is 645. The van der Waals surface area contributed by atoms with Crippen LogP contribution in [0.3, 0.4) is 0 Å². The minimum atomic E-state index is 0.801. The zero-order valence-electron chi connectivity index (χ0n) is 13.8. The fraction of sp³-hybridized carbons (Fsp3) is 0.316. The van der Waals surface area contributed by atoms with E-state index < -0.39 is 0 Å². The van der Waals surface area contributed by atoms with Gasteiger partial charge >= 0.3 is 0 Å². The van der Waals surface area contributed by atoms with E-state index >= 15 is 0 Å². The number of nitrogens with two attached hydrogens (primary N) is 1. The summed E-state index contributed by atoms with van der Waals surface area (Å²) in [5, 5.41) is 0. The van der Waals surface area contributed by atoms with Crippen LogP contribution < -0.4 is 5.73 Å². The van der Waals surface area contributed by atoms with Gasteiger partial charge in [-0.15, -0.1) is 0 Å². The third-order valence-electron chi connectivity index (χ3n) is 3.49. The molecule has 0 spiro atoms. The van der Waals surface area contributed by atoms with Crippen molar-refractivity contribution >= 4 is 11.4 Å². The maximum Gasteiger partial charge on any atom is 0.193 e. The largest absolute Gasteiger partial charge is 0.398 e. The van der Waals surface area contributed by atoms with Crippen LogP contribution in [0.5, 0.6) is 0 Å². The van der Waals surface area contributed by atoms with Crippen LogP contribution in [0.2, 0.25) is 0 Å². The number of nitrogen functional groups attached to an aromatic ring is 1. The number of rotatable bonds is 0. The number of benzene rings is 2. The van der Waals surface area contributed by atoms with E-state index in [9.17, 15) is 0 Å². The van der Waals surface area contributed by atoms with Crippen molar-refractivity contribution in [2.24, 2.45) is 0 Å². The van der Waals surface area contributed by atoms with E-state index in [0.29, 0.717) is 0 Å². The van der Waals surface area contributed by atoms with E-state index in [1.54, 1.807) is 0 Å². The van der Waals surface area contributed by atoms with Crippen LogP contribution in [0.1, 0.15) is 33.4 Å². The Morgan fingerprint density at radius 1 is 0.714 bits per heavy atom. The highest BCUT2D eigenvalue weighted by Crippen LogP contribution is 2.24. The molecular formula is C19H24N2. The van der Waals surface area contributed by atoms with Crippen molar-refractivity contribution in [2.45, 2.75) is 41.5 Å². The van der Waals surface area contributed by atoms with Crippen molar-refractivity contribution in [3.63, 3.8) is 0 Å². The topological polar surface area (TPSA) is 30.4 Å². The van der Waals surface area contributed by atoms with Crippen molar-refractivity contribution in [3.05, 3.63) is 69.1 Å². The smallest absolute Gasteiger partial charge is 0.193 e. The first-order valence-corrected chi connectivity index (χ1v) is 7.05. The second-order valence-corrected chi connectivity index (χ2v) is 5.67. The summed E-state index contributed by atoms with van der Waals surface area (Å²) >= 11 is 0. The van der Waals surface area contributed by atoms with E-state index in [2.05, 4.69) is 23.9 Å². The normalized spacial score (nSPS) is 9.57. The maximum atomic E-state index is 6.92. The third-order valence-corrected chi connectivity index (χ3v) is 3.49. The number of anilines is 1. The van der Waals surface area contributed by atoms with Crippen LogP contribution in [-0.4, -0.2) is 0 Å². The fourth-order valence-corrected chi connectivity index (χ4v) is 2.54. The van der Waals surface area contributed by atoms with Crippen molar-refractivity contribution in [2.75, 3.05) is 5.73 Å². The highest BCUT2D eigenvalue weighted by atomic mass is 14.6. The molecule has 0 unspecified atom stereocenters. The van der Waals surface area contributed by atoms with Gasteiger partial charge in [-0.2, -0.15) is 0 Å². The van der Waals surface area contributed by atoms with E-state index in [1.165, 1.54) is 22.3 Å². The summed E-state index contributed by atoms with van der Waals surface area (Å²) in [7, 11) is 0. The molecule has 0 saturated heterocycles. The van der Waals surface area contributed by atoms with Gasteiger partial charge in [-0.3, -0.25) is 0 Å². The molecule has 0 heterocycles. The van der Waals surface area contributed by atoms with Crippen molar-refractivity contribution < 1.29 is 0 Å². The second kappa shape index (κ2) is 6.95. The predicted octanol–water partition coefficient (Wildman–Crippen LogP) is 5.36. The van der Waals surface area contributed by atoms with E-state index in [4.69, 9.17) is 12.3 Å². The molecule has 0 fully saturated rings. The van der Waals surface area contributed by atoms with Gasteiger partial charge in [-0.25, -0.2) is 4.85 Å². The lowest BCUT2D eigenvalue weighted by Gasteiger charge is -2.04. The molecule has 2 aromatic carbocycles. The molecule has 0 aliphatic carbocycles. The number of aryl methyl sites for hydroxylation is 6. The molecule has 2 heteroatoms. The third kappa shape index (κ3) is 4.36. The van der Waals surface area contributed by atoms with Crippen molar-refractivity contribution in [1.29, 1.82) is 0 Å². The number of hydrogen-bond donors (Lipinski definition) is 1. The zero-order chi connectivity index (χ0) is 16.2. The highest BCUT2D eigenvalue weighted by Gasteiger charge is 2.01. The molecule has 0 amide bonds. The summed E-state index contributed by atoms with van der Waals surface area (Å²) < 4.78 is 0. The van der Waals surface area contributed by atoms with Gasteiger partial charge in [0, 0.05) is 5.69 Å². The molecule has 0 atom stereocenters. The molecular weight excluding hydrogens is 256 g/mol. The summed E-state index contributed by atoms with van der Waals surface area (Å²) in [5.41, 5.74) is 14.5. The molecule has 21 heavy (non-hydrogen) atoms. The van der Waals surface area contributed by atoms with Gasteiger partial charge in [0.2, 0.25) is 0 Å². The highest BCUT2D eigenvalue weighted by molar-refractivity contribution is 5.58. The minimum Gasteiger partial charge on any atom is -0.398 e. The fourth-order valence-electron chi connectivity index (χ4n) is 2.54. The van der Waals surface area contributed by atoms with Gasteiger partial charge in [0.05, 0.1) is 6.57 Å². The first kappa shape index (κ1) is 16.8. The second-order valence-electron chi connectivity index (χ2n) is 5.67. The summed E-state index contributed by atoms with van der Waals surface area (Å²) in [5.74, 6) is 0. The standard InChI is InChI=1S/C10H11N.C9H13N/c1-7-5-8(2)10(11-4)9(3)6-7;1-6-4-7(2)9(10)8(3)5-6/h5-6H,1-3H3;4-5H,10H2,1-3H3. The summed E-state index contributed by atoms with van der Waals surface area (Å²) in [4.78, 5) is 3.46. The first-order valence-electron chi connectivity index (χ1n) is 7.05. The molecule has 110 valence electrons. The summed E-state index contributed by atoms with van der Waals surface area (Å²) in [6.07, 6.45) is 0. The lowest BCUT2D eigenvalue weighted by atomic mass is 10.1. The SMILES string of the molecule is Cc1cc(C)c(N)c(C)c1.[C-]#[N+]c1c(C)cc(C)cc1C. The van der Waals surface area contributed by atoms with Gasteiger partial charge in [0.1, 0.15) is 0 Å². The Morgan fingerprint density at radius 3 is 1.38 bits per heavy atom. The van der Waals surface area contributed by atoms with Crippen LogP contribution in [0.4, 0.5) is 11.4 Å². The molecule has 2 N–H and O–H groups in total. The maximum absolute atomic E-state index is 6.92. The molecule has 0 aromatic heterocycles. The van der Waals surface area contributed by atoms with E-state index in [1.807, 2.05) is 46.8 Å². The minimum absolute atomic E-state index is 0.801. The Kier molecular flexibility index (Phi) is 5.55. The number of hydrogen-bond acceptors (Lipinski definition) is 1. The van der Waals surface area contributed by atoms with E-state index in [0.717, 1.165) is 22.5 Å². The van der Waals surface area contributed by atoms with Gasteiger partial charge in [-0.05, 0) is 63.8 Å². The van der Waals surface area contributed by atoms with Crippen LogP contribution in [0.15, 0.2) is 24.3 Å². The Labute approximate surface area is 128 Å². The molecule has 0 radical (unpaired) electrons. The van der Waals surface area contributed by atoms with Crippen LogP contribution in [0, 0.1) is 48.1 Å². The van der Waals surface area contributed by atoms with Gasteiger partial charge in [-0.1, -0.05) is 35.4 Å². The lowest BCUT2D eigenvalue weighted by molar-refractivity contribution is 1.33. The first-order chi connectivity index (χ1) is 9.76. The summed E-state index contributed by atoms with van der Waals surface area (Å²) in [6.45, 7) is 19.1. The van der Waals surface area contributed by atoms with Crippen LogP contribution in [-0.2, 0) is 0 Å². The quantitative estimate of drug-likeness (QED) is 0.511. The lowest BCUT2D eigenvalue weighted by Crippen LogP contribution is -1.93. The molecule has 0 bridgehead atoms. The molecule has 0 aliphatic heterocycles. The average Bonchev–Trinajstić information content (AvgIpc) is 2.36. The Hall–Kier alpha value is -2.27. The molecule has 2 rings (SSSR count). The van der Waals surface area contributed by atoms with E-state index in [-0.39, 0.29) is 0 Å². The number of nitrogens with zero attached hydrogens (tertiary/aromatic N) is 1. The van der Waals surface area contributed by atoms with Crippen molar-refractivity contribution in [1.82, 2.24) is 0 Å². The predicted molar refractivity (Wildman–Crippen MR) is 92.0 cm³/mol. The molecule has 2 aromatic rings. The van der Waals surface area contributed by atoms with Gasteiger partial charge in [0.25, 0.3) is 0 Å². The average molecular weight is 280 g/mol. The van der Waals surface area contributed by atoms with Crippen LogP contribution in [0.25, 0.3) is 4.85 Å². The molecule has 0 aliphatic rings. The zero-order valence-corrected chi connectivity index (χ0v) is 13.8. The molecule has 2 nitrogen and oxygen atoms in total. The van der Waals surface area contributed by atoms with Gasteiger partial charge in [0.15, 0.2) is 5.69 Å². The van der Waals surface area contributed by atoms with Gasteiger partial charge < -0.3 is 5.73 Å². The summed E-state index contributed by atoms with van der Waals surface area (Å²) in [6, 6.07) is 8.28.